The van der Waals surface area contributed by atoms with E-state index in [9.17, 15) is 13.9 Å². The fourth-order valence-electron chi connectivity index (χ4n) is 1.41. The molecule has 2 unspecified atom stereocenters. The van der Waals surface area contributed by atoms with Crippen LogP contribution in [0, 0.1) is 0 Å². The molecule has 6 nitrogen and oxygen atoms in total. The molecule has 23 heavy (non-hydrogen) atoms. The highest BCUT2D eigenvalue weighted by Crippen LogP contribution is 2.40. The van der Waals surface area contributed by atoms with E-state index in [4.69, 9.17) is 13.8 Å². The molecule has 0 radical (unpaired) electrons. The van der Waals surface area contributed by atoms with Crippen molar-refractivity contribution in [3.05, 3.63) is 0 Å². The van der Waals surface area contributed by atoms with Gasteiger partial charge >= 0.3 is 5.97 Å². The Hall–Kier alpha value is -0.150. The van der Waals surface area contributed by atoms with Crippen LogP contribution in [0.5, 0.6) is 0 Å². The molecule has 0 aromatic heterocycles. The number of carbonyl (C=O) groups is 1. The van der Waals surface area contributed by atoms with E-state index in [1.807, 2.05) is 13.8 Å². The van der Waals surface area contributed by atoms with Crippen LogP contribution >= 0.6 is 14.7 Å². The van der Waals surface area contributed by atoms with E-state index in [1.165, 1.54) is 13.3 Å². The largest absolute Gasteiger partial charge is 0.461 e. The van der Waals surface area contributed by atoms with Gasteiger partial charge in [0.15, 0.2) is 20.8 Å². The fraction of sp³-hybridized carbons (Fsp3) is 0.933. The minimum Gasteiger partial charge on any atom is -0.461 e. The van der Waals surface area contributed by atoms with Gasteiger partial charge in [-0.2, -0.15) is 0 Å². The summed E-state index contributed by atoms with van der Waals surface area (Å²) in [5.74, 6) is -0.438. The quantitative estimate of drug-likeness (QED) is 0.457. The first-order valence-corrected chi connectivity index (χ1v) is 12.9. The molecule has 0 amide bonds. The average Bonchev–Trinajstić information content (AvgIpc) is 2.32. The molecule has 0 N–H and O–H groups in total. The Kier molecular flexibility index (Phi) is 12.5. The van der Waals surface area contributed by atoms with Crippen molar-refractivity contribution in [3.8, 4) is 0 Å². The van der Waals surface area contributed by atoms with Gasteiger partial charge in [-0.05, 0) is 33.6 Å². The summed E-state index contributed by atoms with van der Waals surface area (Å²) in [7, 11) is -4.87. The van der Waals surface area contributed by atoms with E-state index in [1.54, 1.807) is 34.1 Å². The highest BCUT2D eigenvalue weighted by Gasteiger charge is 2.24. The van der Waals surface area contributed by atoms with Gasteiger partial charge in [-0.1, -0.05) is 13.8 Å². The van der Waals surface area contributed by atoms with Crippen molar-refractivity contribution in [1.82, 2.24) is 0 Å². The summed E-state index contributed by atoms with van der Waals surface area (Å²) < 4.78 is 37.5. The van der Waals surface area contributed by atoms with Crippen LogP contribution in [-0.4, -0.2) is 50.9 Å². The summed E-state index contributed by atoms with van der Waals surface area (Å²) >= 11 is 0. The highest BCUT2D eigenvalue weighted by molar-refractivity contribution is 7.57. The molecule has 0 aliphatic carbocycles. The Morgan fingerprint density at radius 3 is 1.52 bits per heavy atom. The van der Waals surface area contributed by atoms with Gasteiger partial charge < -0.3 is 13.8 Å². The van der Waals surface area contributed by atoms with Crippen molar-refractivity contribution in [2.75, 3.05) is 26.7 Å². The normalized spacial score (nSPS) is 14.7. The lowest BCUT2D eigenvalue weighted by Crippen LogP contribution is -2.27. The highest BCUT2D eigenvalue weighted by atomic mass is 31.2. The summed E-state index contributed by atoms with van der Waals surface area (Å²) in [6.07, 6.45) is 0.639. The maximum absolute atomic E-state index is 11.4. The lowest BCUT2D eigenvalue weighted by Gasteiger charge is -2.18. The molecule has 0 heterocycles. The third-order valence-electron chi connectivity index (χ3n) is 2.38. The van der Waals surface area contributed by atoms with Gasteiger partial charge in [-0.15, -0.1) is 0 Å². The van der Waals surface area contributed by atoms with Crippen LogP contribution < -0.4 is 0 Å². The van der Waals surface area contributed by atoms with Gasteiger partial charge in [0.25, 0.3) is 0 Å². The molecular weight excluding hydrogens is 338 g/mol. The predicted octanol–water partition coefficient (Wildman–Crippen LogP) is 4.61. The Balaban J connectivity index is 0. The van der Waals surface area contributed by atoms with Crippen LogP contribution in [0.15, 0.2) is 0 Å². The summed E-state index contributed by atoms with van der Waals surface area (Å²) in [4.78, 5) is 11.4. The molecule has 8 heteroatoms. The molecule has 0 spiro atoms. The smallest absolute Gasteiger partial charge is 0.335 e. The standard InChI is InChI=1S/C9H19O4P.C6H15O2P/c1-6-8(13-14(4,5)11)9(10)12-7(2)3;1-5-6(2)8-9(3,4)7/h7-8H,6H2,1-5H3;6H,5H2,1-4H3. The van der Waals surface area contributed by atoms with Crippen molar-refractivity contribution < 1.29 is 27.7 Å². The van der Waals surface area contributed by atoms with Gasteiger partial charge in [-0.3, -0.25) is 9.13 Å². The third-order valence-corrected chi connectivity index (χ3v) is 4.01. The molecule has 0 aliphatic rings. The molecule has 0 fully saturated rings. The molecular formula is C15H34O6P2. The van der Waals surface area contributed by atoms with E-state index in [-0.39, 0.29) is 12.2 Å². The average molecular weight is 372 g/mol. The Morgan fingerprint density at radius 1 is 0.870 bits per heavy atom. The molecule has 0 aliphatic heterocycles. The zero-order valence-corrected chi connectivity index (χ0v) is 17.8. The molecule has 0 rings (SSSR count). The summed E-state index contributed by atoms with van der Waals surface area (Å²) in [6, 6.07) is 0. The van der Waals surface area contributed by atoms with Crippen LogP contribution in [0.4, 0.5) is 0 Å². The molecule has 140 valence electrons. The number of carbonyl (C=O) groups excluding carboxylic acids is 1. The molecule has 2 atom stereocenters. The van der Waals surface area contributed by atoms with E-state index < -0.39 is 26.8 Å². The Morgan fingerprint density at radius 2 is 1.30 bits per heavy atom. The van der Waals surface area contributed by atoms with Gasteiger partial charge in [0.2, 0.25) is 0 Å². The van der Waals surface area contributed by atoms with E-state index in [2.05, 4.69) is 0 Å². The first-order valence-electron chi connectivity index (χ1n) is 7.89. The summed E-state index contributed by atoms with van der Waals surface area (Å²) in [5.41, 5.74) is 0. The third kappa shape index (κ3) is 18.0. The second-order valence-corrected chi connectivity index (χ2v) is 11.7. The predicted molar refractivity (Wildman–Crippen MR) is 96.1 cm³/mol. The minimum atomic E-state index is -2.64. The number of hydrogen-bond donors (Lipinski definition) is 0. The van der Waals surface area contributed by atoms with E-state index in [0.717, 1.165) is 6.42 Å². The number of esters is 1. The molecule has 0 bridgehead atoms. The second kappa shape index (κ2) is 11.4. The molecule has 0 saturated heterocycles. The van der Waals surface area contributed by atoms with Crippen LogP contribution in [-0.2, 0) is 27.7 Å². The Bertz CT molecular complexity index is 424. The first kappa shape index (κ1) is 25.1. The van der Waals surface area contributed by atoms with E-state index in [0.29, 0.717) is 6.42 Å². The lowest BCUT2D eigenvalue weighted by atomic mass is 10.3. The van der Waals surface area contributed by atoms with E-state index >= 15 is 0 Å². The number of rotatable bonds is 8. The minimum absolute atomic E-state index is 0.130. The van der Waals surface area contributed by atoms with Gasteiger partial charge in [0.1, 0.15) is 0 Å². The van der Waals surface area contributed by atoms with Crippen molar-refractivity contribution in [2.24, 2.45) is 0 Å². The SMILES string of the molecule is CCC(C)OP(C)(C)=O.CCC(OP(C)(C)=O)C(=O)OC(C)C. The van der Waals surface area contributed by atoms with Crippen molar-refractivity contribution in [3.63, 3.8) is 0 Å². The van der Waals surface area contributed by atoms with Gasteiger partial charge in [0, 0.05) is 26.7 Å². The first-order chi connectivity index (χ1) is 10.2. The van der Waals surface area contributed by atoms with Crippen molar-refractivity contribution >= 4 is 20.7 Å². The van der Waals surface area contributed by atoms with Crippen LogP contribution in [0.2, 0.25) is 0 Å². The van der Waals surface area contributed by atoms with Crippen molar-refractivity contribution in [1.29, 1.82) is 0 Å². The molecule has 0 aromatic rings. The number of ether oxygens (including phenoxy) is 1. The fourth-order valence-corrected chi connectivity index (χ4v) is 3.27. The second-order valence-electron chi connectivity index (χ2n) is 6.32. The van der Waals surface area contributed by atoms with Crippen LogP contribution in [0.3, 0.4) is 0 Å². The van der Waals surface area contributed by atoms with Gasteiger partial charge in [0.05, 0.1) is 12.2 Å². The lowest BCUT2D eigenvalue weighted by molar-refractivity contribution is -0.155. The number of hydrogen-bond acceptors (Lipinski definition) is 6. The zero-order valence-electron chi connectivity index (χ0n) is 16.0. The van der Waals surface area contributed by atoms with Crippen LogP contribution in [0.1, 0.15) is 47.5 Å². The molecule has 0 aromatic carbocycles. The maximum atomic E-state index is 11.4. The zero-order chi connectivity index (χ0) is 18.8. The van der Waals surface area contributed by atoms with Crippen LogP contribution in [0.25, 0.3) is 0 Å². The Labute approximate surface area is 141 Å². The topological polar surface area (TPSA) is 78.9 Å². The molecule has 0 saturated carbocycles. The maximum Gasteiger partial charge on any atom is 0.335 e. The summed E-state index contributed by atoms with van der Waals surface area (Å²) in [5, 5.41) is 0. The van der Waals surface area contributed by atoms with Gasteiger partial charge in [-0.25, -0.2) is 4.79 Å². The summed E-state index contributed by atoms with van der Waals surface area (Å²) in [6.45, 7) is 15.5. The van der Waals surface area contributed by atoms with Crippen molar-refractivity contribution in [2.45, 2.75) is 65.8 Å². The monoisotopic (exact) mass is 372 g/mol.